The first-order valence-corrected chi connectivity index (χ1v) is 9.98. The van der Waals surface area contributed by atoms with E-state index in [0.29, 0.717) is 19.5 Å². The van der Waals surface area contributed by atoms with Crippen LogP contribution >= 0.6 is 0 Å². The monoisotopic (exact) mass is 310 g/mol. The normalized spacial score (nSPS) is 33.1. The molecule has 2 heterocycles. The van der Waals surface area contributed by atoms with Crippen LogP contribution in [-0.2, 0) is 20.0 Å². The second kappa shape index (κ2) is 5.31. The van der Waals surface area contributed by atoms with Crippen LogP contribution in [0, 0.1) is 0 Å². The standard InChI is InChI=1S/C11H22N2O4S2/c1-11(6-9-18(14,15)10-11)12-19(16,17)13-7-4-2-3-5-8-13/h12H,2-10H2,1H3. The van der Waals surface area contributed by atoms with Crippen molar-refractivity contribution in [2.45, 2.75) is 44.6 Å². The molecular formula is C11H22N2O4S2. The van der Waals surface area contributed by atoms with Gasteiger partial charge >= 0.3 is 0 Å². The fourth-order valence-electron chi connectivity index (χ4n) is 2.75. The van der Waals surface area contributed by atoms with Gasteiger partial charge in [0.05, 0.1) is 11.5 Å². The largest absolute Gasteiger partial charge is 0.279 e. The maximum Gasteiger partial charge on any atom is 0.279 e. The van der Waals surface area contributed by atoms with Crippen molar-refractivity contribution in [2.24, 2.45) is 0 Å². The molecule has 2 aliphatic heterocycles. The summed E-state index contributed by atoms with van der Waals surface area (Å²) in [6.07, 6.45) is 4.20. The number of nitrogens with zero attached hydrogens (tertiary/aromatic N) is 1. The molecule has 0 spiro atoms. The lowest BCUT2D eigenvalue weighted by Crippen LogP contribution is -2.52. The van der Waals surface area contributed by atoms with Crippen molar-refractivity contribution in [3.8, 4) is 0 Å². The van der Waals surface area contributed by atoms with E-state index in [2.05, 4.69) is 4.72 Å². The zero-order chi connectivity index (χ0) is 14.1. The van der Waals surface area contributed by atoms with E-state index in [1.165, 1.54) is 4.31 Å². The van der Waals surface area contributed by atoms with Gasteiger partial charge in [-0.3, -0.25) is 0 Å². The molecule has 112 valence electrons. The van der Waals surface area contributed by atoms with Gasteiger partial charge in [-0.05, 0) is 26.2 Å². The molecule has 1 N–H and O–H groups in total. The Kier molecular flexibility index (Phi) is 4.25. The van der Waals surface area contributed by atoms with Crippen molar-refractivity contribution < 1.29 is 16.8 Å². The summed E-state index contributed by atoms with van der Waals surface area (Å²) < 4.78 is 51.7. The molecule has 6 nitrogen and oxygen atoms in total. The highest BCUT2D eigenvalue weighted by Gasteiger charge is 2.42. The summed E-state index contributed by atoms with van der Waals surface area (Å²) in [5.74, 6) is -0.0426. The fourth-order valence-corrected chi connectivity index (χ4v) is 6.60. The Morgan fingerprint density at radius 1 is 1.11 bits per heavy atom. The Morgan fingerprint density at radius 3 is 2.16 bits per heavy atom. The molecule has 0 radical (unpaired) electrons. The molecule has 0 aromatic heterocycles. The summed E-state index contributed by atoms with van der Waals surface area (Å²) in [6, 6.07) is 0. The maximum atomic E-state index is 12.3. The minimum Gasteiger partial charge on any atom is -0.229 e. The van der Waals surface area contributed by atoms with Crippen LogP contribution in [-0.4, -0.2) is 51.3 Å². The summed E-state index contributed by atoms with van der Waals surface area (Å²) in [5, 5.41) is 0. The van der Waals surface area contributed by atoms with Crippen LogP contribution in [0.1, 0.15) is 39.0 Å². The molecule has 0 amide bonds. The molecule has 1 unspecified atom stereocenters. The highest BCUT2D eigenvalue weighted by atomic mass is 32.2. The van der Waals surface area contributed by atoms with Gasteiger partial charge in [-0.25, -0.2) is 8.42 Å². The molecule has 1 atom stereocenters. The lowest BCUT2D eigenvalue weighted by molar-refractivity contribution is 0.385. The molecule has 0 aliphatic carbocycles. The van der Waals surface area contributed by atoms with E-state index in [1.807, 2.05) is 0 Å². The van der Waals surface area contributed by atoms with Gasteiger partial charge < -0.3 is 0 Å². The maximum absolute atomic E-state index is 12.3. The van der Waals surface area contributed by atoms with Crippen LogP contribution < -0.4 is 4.72 Å². The van der Waals surface area contributed by atoms with Crippen molar-refractivity contribution in [2.75, 3.05) is 24.6 Å². The van der Waals surface area contributed by atoms with Crippen LogP contribution in [0.4, 0.5) is 0 Å². The van der Waals surface area contributed by atoms with Gasteiger partial charge in [-0.1, -0.05) is 12.8 Å². The number of hydrogen-bond acceptors (Lipinski definition) is 4. The number of hydrogen-bond donors (Lipinski definition) is 1. The summed E-state index contributed by atoms with van der Waals surface area (Å²) in [6.45, 7) is 2.73. The zero-order valence-electron chi connectivity index (χ0n) is 11.3. The van der Waals surface area contributed by atoms with Crippen molar-refractivity contribution >= 4 is 20.0 Å². The molecule has 2 rings (SSSR count). The van der Waals surface area contributed by atoms with Crippen LogP contribution in [0.3, 0.4) is 0 Å². The Hall–Kier alpha value is -0.180. The SMILES string of the molecule is CC1(NS(=O)(=O)N2CCCCCC2)CCS(=O)(=O)C1. The molecule has 0 aromatic carbocycles. The third-order valence-corrected chi connectivity index (χ3v) is 7.48. The van der Waals surface area contributed by atoms with E-state index in [9.17, 15) is 16.8 Å². The smallest absolute Gasteiger partial charge is 0.229 e. The Balaban J connectivity index is 2.08. The van der Waals surface area contributed by atoms with Crippen LogP contribution in [0.2, 0.25) is 0 Å². The first-order chi connectivity index (χ1) is 8.73. The van der Waals surface area contributed by atoms with Crippen LogP contribution in [0.5, 0.6) is 0 Å². The number of rotatable bonds is 3. The molecule has 0 saturated carbocycles. The van der Waals surface area contributed by atoms with E-state index >= 15 is 0 Å². The van der Waals surface area contributed by atoms with Gasteiger partial charge in [-0.15, -0.1) is 0 Å². The van der Waals surface area contributed by atoms with Crippen molar-refractivity contribution in [1.29, 1.82) is 0 Å². The van der Waals surface area contributed by atoms with Gasteiger partial charge in [0.1, 0.15) is 0 Å². The summed E-state index contributed by atoms with van der Waals surface area (Å²) in [7, 11) is -6.69. The molecule has 2 saturated heterocycles. The summed E-state index contributed by atoms with van der Waals surface area (Å²) >= 11 is 0. The Morgan fingerprint density at radius 2 is 1.68 bits per heavy atom. The minimum absolute atomic E-state index is 0.0615. The fraction of sp³-hybridized carbons (Fsp3) is 1.00. The second-order valence-electron chi connectivity index (χ2n) is 5.82. The third-order valence-electron chi connectivity index (χ3n) is 3.78. The predicted octanol–water partition coefficient (Wildman–Crippen LogP) is 0.274. The molecule has 2 aliphatic rings. The van der Waals surface area contributed by atoms with E-state index in [0.717, 1.165) is 25.7 Å². The zero-order valence-corrected chi connectivity index (χ0v) is 12.9. The van der Waals surface area contributed by atoms with E-state index in [1.54, 1.807) is 6.92 Å². The molecule has 2 fully saturated rings. The lowest BCUT2D eigenvalue weighted by atomic mass is 10.0. The van der Waals surface area contributed by atoms with Crippen LogP contribution in [0.15, 0.2) is 0 Å². The highest BCUT2D eigenvalue weighted by Crippen LogP contribution is 2.25. The Labute approximate surface area is 115 Å². The van der Waals surface area contributed by atoms with Gasteiger partial charge in [-0.2, -0.15) is 17.4 Å². The third kappa shape index (κ3) is 3.90. The van der Waals surface area contributed by atoms with Gasteiger partial charge in [0.25, 0.3) is 10.2 Å². The first-order valence-electron chi connectivity index (χ1n) is 6.72. The van der Waals surface area contributed by atoms with Gasteiger partial charge in [0.15, 0.2) is 9.84 Å². The van der Waals surface area contributed by atoms with E-state index < -0.39 is 25.6 Å². The second-order valence-corrected chi connectivity index (χ2v) is 9.68. The molecule has 0 bridgehead atoms. The number of nitrogens with one attached hydrogen (secondary N) is 1. The summed E-state index contributed by atoms with van der Waals surface area (Å²) in [4.78, 5) is 0. The highest BCUT2D eigenvalue weighted by molar-refractivity contribution is 7.92. The first kappa shape index (κ1) is 15.2. The molecule has 8 heteroatoms. The topological polar surface area (TPSA) is 83.6 Å². The lowest BCUT2D eigenvalue weighted by Gasteiger charge is -2.28. The van der Waals surface area contributed by atoms with E-state index in [-0.39, 0.29) is 11.5 Å². The van der Waals surface area contributed by atoms with Crippen LogP contribution in [0.25, 0.3) is 0 Å². The Bertz CT molecular complexity index is 521. The predicted molar refractivity (Wildman–Crippen MR) is 73.8 cm³/mol. The summed E-state index contributed by atoms with van der Waals surface area (Å²) in [5.41, 5.74) is -0.857. The van der Waals surface area contributed by atoms with Crippen molar-refractivity contribution in [1.82, 2.24) is 9.03 Å². The van der Waals surface area contributed by atoms with E-state index in [4.69, 9.17) is 0 Å². The van der Waals surface area contributed by atoms with Crippen molar-refractivity contribution in [3.05, 3.63) is 0 Å². The quantitative estimate of drug-likeness (QED) is 0.811. The molecule has 19 heavy (non-hydrogen) atoms. The van der Waals surface area contributed by atoms with Gasteiger partial charge in [0, 0.05) is 18.6 Å². The van der Waals surface area contributed by atoms with Crippen molar-refractivity contribution in [3.63, 3.8) is 0 Å². The average Bonchev–Trinajstić information content (AvgIpc) is 2.50. The molecule has 0 aromatic rings. The minimum atomic E-state index is -3.58. The van der Waals surface area contributed by atoms with Gasteiger partial charge in [0.2, 0.25) is 0 Å². The molecular weight excluding hydrogens is 288 g/mol. The number of sulfone groups is 1. The average molecular weight is 310 g/mol.